The molecule has 0 bridgehead atoms. The molecule has 354 valence electrons. The molecule has 1 unspecified atom stereocenters. The van der Waals surface area contributed by atoms with E-state index in [1.807, 2.05) is 63.5 Å². The number of aliphatic hydroxyl groups excluding tert-OH is 1. The number of ether oxygens (including phenoxy) is 1. The van der Waals surface area contributed by atoms with Crippen molar-refractivity contribution >= 4 is 52.1 Å². The number of aromatic nitrogens is 4. The molecular weight excluding hydrogens is 911 g/mol. The molecule has 3 amide bonds. The fourth-order valence-corrected chi connectivity index (χ4v) is 10.8. The van der Waals surface area contributed by atoms with Gasteiger partial charge in [-0.15, -0.1) is 32.9 Å². The lowest BCUT2D eigenvalue weighted by Crippen LogP contribution is -2.58. The van der Waals surface area contributed by atoms with Gasteiger partial charge in [0, 0.05) is 29.0 Å². The largest absolute Gasteiger partial charge is 0.469 e. The van der Waals surface area contributed by atoms with Crippen LogP contribution in [0.3, 0.4) is 0 Å². The molecule has 0 saturated carbocycles. The van der Waals surface area contributed by atoms with E-state index in [2.05, 4.69) is 25.8 Å². The van der Waals surface area contributed by atoms with Crippen molar-refractivity contribution in [3.05, 3.63) is 128 Å². The fourth-order valence-electron chi connectivity index (χ4n) is 8.78. The number of aliphatic imine (C=N–C) groups is 1. The van der Waals surface area contributed by atoms with Gasteiger partial charge in [-0.2, -0.15) is 0 Å². The maximum Gasteiger partial charge on any atom is 0.308 e. The molecule has 18 heteroatoms. The number of carbonyl (C=O) groups excluding carboxylic acids is 4. The molecule has 1 saturated heterocycles. The second kappa shape index (κ2) is 18.9. The molecule has 0 radical (unpaired) electrons. The summed E-state index contributed by atoms with van der Waals surface area (Å²) in [5.74, 6) is -3.53. The zero-order valence-electron chi connectivity index (χ0n) is 39.1. The lowest BCUT2D eigenvalue weighted by molar-refractivity contribution is -0.142. The van der Waals surface area contributed by atoms with Crippen molar-refractivity contribution in [3.63, 3.8) is 0 Å². The maximum atomic E-state index is 16.7. The highest BCUT2D eigenvalue weighted by molar-refractivity contribution is 7.15. The lowest BCUT2D eigenvalue weighted by Gasteiger charge is -2.35. The van der Waals surface area contributed by atoms with E-state index in [9.17, 15) is 24.3 Å². The highest BCUT2D eigenvalue weighted by Crippen LogP contribution is 2.40. The molecule has 68 heavy (non-hydrogen) atoms. The number of halogens is 2. The Bertz CT molecular complexity index is 2970. The number of rotatable bonds is 11. The van der Waals surface area contributed by atoms with Gasteiger partial charge < -0.3 is 25.4 Å². The number of aliphatic hydroxyl groups is 1. The Kier molecular flexibility index (Phi) is 13.3. The van der Waals surface area contributed by atoms with Crippen molar-refractivity contribution < 1.29 is 37.8 Å². The molecule has 3 aromatic heterocycles. The third kappa shape index (κ3) is 9.11. The van der Waals surface area contributed by atoms with E-state index in [-0.39, 0.29) is 24.9 Å². The van der Waals surface area contributed by atoms with Gasteiger partial charge in [0.25, 0.3) is 5.91 Å². The van der Waals surface area contributed by atoms with Gasteiger partial charge in [0.05, 0.1) is 58.6 Å². The van der Waals surface area contributed by atoms with Crippen molar-refractivity contribution in [3.8, 4) is 26.6 Å². The molecule has 0 spiro atoms. The first-order valence-electron chi connectivity index (χ1n) is 22.1. The number of esters is 1. The highest BCUT2D eigenvalue weighted by atomic mass is 32.1. The van der Waals surface area contributed by atoms with Gasteiger partial charge in [0.2, 0.25) is 11.8 Å². The molecule has 6 aromatic rings. The standard InChI is InChI=1S/C50H52F2N8O6S2/c1-24-27(4)68-49-39(24)42(55-36(21-38(62)66-9)45-58-57-28(5)60(45)49)31-14-12-30(13-15-31)40-35(51)19-18-34(41(40)52)46(63)56-44(50(6,7)8)48(65)59-22-33(61)20-37(59)47(64)54-25(2)29-10-16-32(17-11-29)43-26(3)53-23-67-43/h10-19,23,25,33,36-37,44,61H,20-22H2,1-9H3,(H,54,64)(H,56,63)/t25-,33+,36-,37-,44?/m0/s1. The first kappa shape index (κ1) is 48.0. The number of likely N-dealkylation sites (tertiary alicyclic amines) is 1. The second-order valence-electron chi connectivity index (χ2n) is 18.3. The molecule has 5 atom stereocenters. The lowest BCUT2D eigenvalue weighted by atomic mass is 9.85. The van der Waals surface area contributed by atoms with Crippen LogP contribution in [0, 0.1) is 44.7 Å². The van der Waals surface area contributed by atoms with Crippen molar-refractivity contribution in [1.29, 1.82) is 0 Å². The quantitative estimate of drug-likeness (QED) is 0.108. The highest BCUT2D eigenvalue weighted by Gasteiger charge is 2.45. The third-order valence-corrected chi connectivity index (χ3v) is 14.8. The molecule has 2 aliphatic heterocycles. The summed E-state index contributed by atoms with van der Waals surface area (Å²) in [6, 6.07) is 12.7. The number of methoxy groups -OCH3 is 1. The van der Waals surface area contributed by atoms with Crippen molar-refractivity contribution in [1.82, 2.24) is 35.3 Å². The van der Waals surface area contributed by atoms with Crippen LogP contribution in [0.15, 0.2) is 71.2 Å². The number of amides is 3. The summed E-state index contributed by atoms with van der Waals surface area (Å²) in [7, 11) is 1.30. The van der Waals surface area contributed by atoms with Gasteiger partial charge >= 0.3 is 5.97 Å². The van der Waals surface area contributed by atoms with E-state index >= 15 is 8.78 Å². The van der Waals surface area contributed by atoms with Crippen LogP contribution in [-0.2, 0) is 19.1 Å². The zero-order chi connectivity index (χ0) is 48.9. The van der Waals surface area contributed by atoms with E-state index in [1.165, 1.54) is 35.5 Å². The number of hydrogen-bond acceptors (Lipinski definition) is 12. The number of nitrogens with zero attached hydrogens (tertiary/aromatic N) is 6. The number of aryl methyl sites for hydroxylation is 3. The summed E-state index contributed by atoms with van der Waals surface area (Å²) in [5.41, 5.74) is 5.70. The van der Waals surface area contributed by atoms with Crippen LogP contribution in [0.2, 0.25) is 0 Å². The SMILES string of the molecule is COC(=O)C[C@@H]1N=C(c2ccc(-c3c(F)ccc(C(=O)NC(C(=O)N4C[C@H](O)C[C@H]4C(=O)N[C@@H](C)c4ccc(-c5scnc5C)cc4)C(C)(C)C)c3F)cc2)c2c(sc(C)c2C)-n2c(C)nnc21. The van der Waals surface area contributed by atoms with E-state index in [0.29, 0.717) is 22.9 Å². The molecule has 3 N–H and O–H groups in total. The maximum absolute atomic E-state index is 16.7. The number of carbonyl (C=O) groups is 4. The fraction of sp³-hybridized carbons (Fsp3) is 0.360. The van der Waals surface area contributed by atoms with Crippen LogP contribution in [0.5, 0.6) is 0 Å². The first-order chi connectivity index (χ1) is 32.3. The predicted octanol–water partition coefficient (Wildman–Crippen LogP) is 8.07. The topological polar surface area (TPSA) is 181 Å². The Labute approximate surface area is 400 Å². The Hall–Kier alpha value is -6.50. The third-order valence-electron chi connectivity index (χ3n) is 12.6. The monoisotopic (exact) mass is 962 g/mol. The number of β-amino-alcohol motifs (C(OH)–C–C–N with tert-alkyl or cyclic N) is 1. The Morgan fingerprint density at radius 3 is 2.24 bits per heavy atom. The number of nitrogens with one attached hydrogen (secondary N) is 2. The average Bonchev–Trinajstić information content (AvgIpc) is 4.07. The van der Waals surface area contributed by atoms with Crippen LogP contribution in [0.1, 0.15) is 107 Å². The average molecular weight is 963 g/mol. The van der Waals surface area contributed by atoms with Gasteiger partial charge in [0.15, 0.2) is 5.82 Å². The predicted molar refractivity (Wildman–Crippen MR) is 256 cm³/mol. The summed E-state index contributed by atoms with van der Waals surface area (Å²) in [5, 5.41) is 25.9. The van der Waals surface area contributed by atoms with Gasteiger partial charge in [-0.3, -0.25) is 28.7 Å². The summed E-state index contributed by atoms with van der Waals surface area (Å²) in [6.07, 6.45) is -1.13. The van der Waals surface area contributed by atoms with E-state index < -0.39 is 82.1 Å². The van der Waals surface area contributed by atoms with E-state index in [4.69, 9.17) is 9.73 Å². The van der Waals surface area contributed by atoms with Crippen LogP contribution in [0.25, 0.3) is 26.6 Å². The number of thiazole rings is 1. The second-order valence-corrected chi connectivity index (χ2v) is 20.4. The Morgan fingerprint density at radius 2 is 1.59 bits per heavy atom. The van der Waals surface area contributed by atoms with E-state index in [1.54, 1.807) is 49.8 Å². The molecule has 1 fully saturated rings. The van der Waals surface area contributed by atoms with Crippen molar-refractivity contribution in [2.75, 3.05) is 13.7 Å². The minimum absolute atomic E-state index is 0.0231. The molecular formula is C50H52F2N8O6S2. The summed E-state index contributed by atoms with van der Waals surface area (Å²) >= 11 is 3.08. The minimum Gasteiger partial charge on any atom is -0.469 e. The minimum atomic E-state index is -1.28. The van der Waals surface area contributed by atoms with Crippen LogP contribution in [-0.4, -0.2) is 91.0 Å². The van der Waals surface area contributed by atoms with Gasteiger partial charge in [-0.25, -0.2) is 13.8 Å². The molecule has 8 rings (SSSR count). The van der Waals surface area contributed by atoms with Crippen LogP contribution >= 0.6 is 22.7 Å². The molecule has 3 aromatic carbocycles. The smallest absolute Gasteiger partial charge is 0.308 e. The van der Waals surface area contributed by atoms with Crippen LogP contribution < -0.4 is 10.6 Å². The number of benzene rings is 3. The number of fused-ring (bicyclic) bond motifs is 3. The molecule has 2 aliphatic rings. The van der Waals surface area contributed by atoms with E-state index in [0.717, 1.165) is 54.8 Å². The van der Waals surface area contributed by atoms with Gasteiger partial charge in [-0.1, -0.05) is 69.3 Å². The zero-order valence-corrected chi connectivity index (χ0v) is 40.7. The summed E-state index contributed by atoms with van der Waals surface area (Å²) in [6.45, 7) is 14.6. The number of hydrogen-bond donors (Lipinski definition) is 3. The Balaban J connectivity index is 1.03. The van der Waals surface area contributed by atoms with Crippen LogP contribution in [0.4, 0.5) is 8.78 Å². The Morgan fingerprint density at radius 1 is 0.912 bits per heavy atom. The van der Waals surface area contributed by atoms with Gasteiger partial charge in [-0.05, 0) is 74.4 Å². The molecule has 14 nitrogen and oxygen atoms in total. The first-order valence-corrected chi connectivity index (χ1v) is 23.8. The molecule has 0 aliphatic carbocycles. The normalized spacial score (nSPS) is 17.7. The summed E-state index contributed by atoms with van der Waals surface area (Å²) in [4.78, 5) is 67.7. The van der Waals surface area contributed by atoms with Gasteiger partial charge in [0.1, 0.15) is 40.6 Å². The van der Waals surface area contributed by atoms with Crippen molar-refractivity contribution in [2.24, 2.45) is 10.4 Å². The number of thiophene rings is 1. The molecule has 5 heterocycles. The van der Waals surface area contributed by atoms with Crippen molar-refractivity contribution in [2.45, 2.75) is 98.5 Å². The summed E-state index contributed by atoms with van der Waals surface area (Å²) < 4.78 is 39.3.